The van der Waals surface area contributed by atoms with Crippen LogP contribution in [0, 0.1) is 6.92 Å². The molecular formula is C129H235O8. The summed E-state index contributed by atoms with van der Waals surface area (Å²) in [5, 5.41) is 0. The van der Waals surface area contributed by atoms with Crippen molar-refractivity contribution in [1.29, 1.82) is 0 Å². The van der Waals surface area contributed by atoms with Crippen molar-refractivity contribution in [3.8, 4) is 46.0 Å². The minimum absolute atomic E-state index is 0.328. The fourth-order valence-corrected chi connectivity index (χ4v) is 20.3. The minimum atomic E-state index is 0.328. The third-order valence-electron chi connectivity index (χ3n) is 29.4. The number of hydrogen-bond donors (Lipinski definition) is 0. The first kappa shape index (κ1) is 127. The highest BCUT2D eigenvalue weighted by atomic mass is 16.6. The molecule has 8 nitrogen and oxygen atoms in total. The largest absolute Gasteiger partial charge is 0.490 e. The number of rotatable bonds is 114. The van der Waals surface area contributed by atoms with E-state index < -0.39 is 0 Å². The van der Waals surface area contributed by atoms with E-state index in [2.05, 4.69) is 72.7 Å². The minimum Gasteiger partial charge on any atom is -0.490 e. The standard InChI is InChI=1S/C129H235O8/c1-8-14-20-26-32-38-44-50-56-62-68-74-80-86-92-98-104-130-124-112-120(113-125(131-105-99-93-87-81-75-69-63-57-51-45-39-33-27-21-15-9-2)128(124)134-108-102-96-90-84-78-72-66-60-54-48-42-36-30-24-18-12-5)117-136-122-110-119(7)111-123(116-122)137-118-121-114-126(132-106-100-94-88-82-76-70-64-58-52-46-40-34-28-22-16-10-3)129(135-109-103-97-91-85-79-73-67-61-55-49-43-37-31-25-19-13-6)127(115-121)133-107-101-95-89-83-77-71-65-59-53-47-41-35-29-23-17-11-4/h110-116H,7-109,117-118H2,1-6H3. The first-order chi connectivity index (χ1) is 68.0. The Balaban J connectivity index is 1.88. The molecule has 0 atom stereocenters. The van der Waals surface area contributed by atoms with Gasteiger partial charge in [-0.25, -0.2) is 0 Å². The van der Waals surface area contributed by atoms with E-state index in [4.69, 9.17) is 37.9 Å². The molecule has 3 aromatic carbocycles. The molecule has 0 aliphatic rings. The van der Waals surface area contributed by atoms with Crippen LogP contribution in [0.2, 0.25) is 0 Å². The smallest absolute Gasteiger partial charge is 0.203 e. The maximum absolute atomic E-state index is 6.94. The van der Waals surface area contributed by atoms with Gasteiger partial charge in [0.05, 0.1) is 39.6 Å². The molecule has 0 saturated heterocycles. The summed E-state index contributed by atoms with van der Waals surface area (Å²) in [5.74, 6) is 6.05. The van der Waals surface area contributed by atoms with Crippen molar-refractivity contribution in [1.82, 2.24) is 0 Å². The number of unbranched alkanes of at least 4 members (excludes halogenated alkanes) is 90. The second kappa shape index (κ2) is 103. The second-order valence-corrected chi connectivity index (χ2v) is 43.1. The monoisotopic (exact) mass is 1910 g/mol. The molecule has 0 aromatic heterocycles. The SMILES string of the molecule is [CH2]c1cc(OCc2cc(OCCCCCCCCCCCCCCCCCC)c(OCCCCCCCCCCCCCCCCCC)c(OCCCCCCCCCCCCCCCCCC)c2)cc(OCc2cc(OCCCCCCCCCCCCCCCCCC)c(OCCCCCCCCCCCCCCCCCC)c(OCCCCCCCCCCCCCCCCCC)c2)c1. The highest BCUT2D eigenvalue weighted by Crippen LogP contribution is 2.43. The van der Waals surface area contributed by atoms with Gasteiger partial charge < -0.3 is 37.9 Å². The van der Waals surface area contributed by atoms with Gasteiger partial charge in [-0.3, -0.25) is 0 Å². The molecule has 0 saturated carbocycles. The lowest BCUT2D eigenvalue weighted by Crippen LogP contribution is -2.08. The van der Waals surface area contributed by atoms with E-state index in [9.17, 15) is 0 Å². The fourth-order valence-electron chi connectivity index (χ4n) is 20.3. The van der Waals surface area contributed by atoms with E-state index in [-0.39, 0.29) is 0 Å². The number of hydrogen-bond acceptors (Lipinski definition) is 8. The molecule has 0 aliphatic heterocycles. The number of benzene rings is 3. The Hall–Kier alpha value is -3.94. The van der Waals surface area contributed by atoms with Gasteiger partial charge in [-0.05, 0) is 98.5 Å². The summed E-state index contributed by atoms with van der Waals surface area (Å²) in [6, 6.07) is 14.8. The average Bonchev–Trinajstić information content (AvgIpc) is 0.823. The third kappa shape index (κ3) is 83.0. The topological polar surface area (TPSA) is 73.8 Å². The second-order valence-electron chi connectivity index (χ2n) is 43.1. The summed E-state index contributed by atoms with van der Waals surface area (Å²) < 4.78 is 55.4. The van der Waals surface area contributed by atoms with E-state index in [0.717, 1.165) is 89.7 Å². The molecule has 0 spiro atoms. The van der Waals surface area contributed by atoms with Crippen molar-refractivity contribution in [3.63, 3.8) is 0 Å². The number of ether oxygens (including phenoxy) is 8. The van der Waals surface area contributed by atoms with Crippen molar-refractivity contribution in [2.45, 2.75) is 671 Å². The van der Waals surface area contributed by atoms with Crippen LogP contribution >= 0.6 is 0 Å². The first-order valence-corrected chi connectivity index (χ1v) is 62.3. The Morgan fingerprint density at radius 3 is 0.401 bits per heavy atom. The van der Waals surface area contributed by atoms with Crippen molar-refractivity contribution < 1.29 is 37.9 Å². The summed E-state index contributed by atoms with van der Waals surface area (Å²) >= 11 is 0. The van der Waals surface area contributed by atoms with Gasteiger partial charge in [-0.1, -0.05) is 619 Å². The molecule has 799 valence electrons. The first-order valence-electron chi connectivity index (χ1n) is 62.3. The van der Waals surface area contributed by atoms with Crippen LogP contribution in [0.15, 0.2) is 42.5 Å². The molecule has 0 aliphatic carbocycles. The highest BCUT2D eigenvalue weighted by Gasteiger charge is 2.21. The van der Waals surface area contributed by atoms with Crippen LogP contribution in [0.3, 0.4) is 0 Å². The Morgan fingerprint density at radius 2 is 0.263 bits per heavy atom. The van der Waals surface area contributed by atoms with Crippen molar-refractivity contribution in [2.75, 3.05) is 39.6 Å². The van der Waals surface area contributed by atoms with Crippen LogP contribution in [0.1, 0.15) is 675 Å². The van der Waals surface area contributed by atoms with Gasteiger partial charge in [-0.2, -0.15) is 0 Å². The molecule has 0 unspecified atom stereocenters. The van der Waals surface area contributed by atoms with E-state index in [1.807, 2.05) is 18.2 Å². The summed E-state index contributed by atoms with van der Waals surface area (Å²) in [6.07, 6.45) is 129. The Morgan fingerprint density at radius 1 is 0.139 bits per heavy atom. The molecule has 1 radical (unpaired) electrons. The van der Waals surface area contributed by atoms with Gasteiger partial charge in [-0.15, -0.1) is 0 Å². The van der Waals surface area contributed by atoms with Gasteiger partial charge in [0.2, 0.25) is 11.5 Å². The van der Waals surface area contributed by atoms with Crippen LogP contribution in [0.5, 0.6) is 46.0 Å². The summed E-state index contributed by atoms with van der Waals surface area (Å²) in [7, 11) is 0. The lowest BCUT2D eigenvalue weighted by Gasteiger charge is -2.20. The quantitative estimate of drug-likeness (QED) is 0.0518. The van der Waals surface area contributed by atoms with Crippen LogP contribution < -0.4 is 37.9 Å². The molecule has 137 heavy (non-hydrogen) atoms. The third-order valence-corrected chi connectivity index (χ3v) is 29.4. The average molecular weight is 1910 g/mol. The summed E-state index contributed by atoms with van der Waals surface area (Å²) in [6.45, 7) is 23.0. The van der Waals surface area contributed by atoms with E-state index in [0.29, 0.717) is 64.4 Å². The van der Waals surface area contributed by atoms with Gasteiger partial charge >= 0.3 is 0 Å². The van der Waals surface area contributed by atoms with Gasteiger partial charge in [0, 0.05) is 6.07 Å². The summed E-state index contributed by atoms with van der Waals surface area (Å²) in [5.41, 5.74) is 2.83. The lowest BCUT2D eigenvalue weighted by molar-refractivity contribution is 0.231. The van der Waals surface area contributed by atoms with Crippen LogP contribution in [0.25, 0.3) is 0 Å². The lowest BCUT2D eigenvalue weighted by atomic mass is 10.0. The van der Waals surface area contributed by atoms with Crippen LogP contribution in [0.4, 0.5) is 0 Å². The Kier molecular flexibility index (Phi) is 96.1. The summed E-state index contributed by atoms with van der Waals surface area (Å²) in [4.78, 5) is 0. The van der Waals surface area contributed by atoms with Crippen LogP contribution in [-0.2, 0) is 13.2 Å². The molecule has 0 heterocycles. The molecular weight excluding hydrogens is 1680 g/mol. The molecule has 8 heteroatoms. The van der Waals surface area contributed by atoms with Gasteiger partial charge in [0.25, 0.3) is 0 Å². The Bertz CT molecular complexity index is 2600. The fraction of sp³-hybridized carbons (Fsp3) is 0.853. The van der Waals surface area contributed by atoms with Crippen molar-refractivity contribution >= 4 is 0 Å². The zero-order chi connectivity index (χ0) is 97.5. The normalized spacial score (nSPS) is 11.6. The highest BCUT2D eigenvalue weighted by molar-refractivity contribution is 5.55. The predicted octanol–water partition coefficient (Wildman–Crippen LogP) is 44.9. The zero-order valence-corrected chi connectivity index (χ0v) is 93.1. The molecule has 0 bridgehead atoms. The molecule has 3 aromatic rings. The van der Waals surface area contributed by atoms with Crippen molar-refractivity contribution in [2.24, 2.45) is 0 Å². The zero-order valence-electron chi connectivity index (χ0n) is 93.1. The van der Waals surface area contributed by atoms with E-state index in [1.165, 1.54) is 578 Å². The Labute approximate surface area is 855 Å². The predicted molar refractivity (Wildman–Crippen MR) is 603 cm³/mol. The molecule has 3 rings (SSSR count). The van der Waals surface area contributed by atoms with Gasteiger partial charge in [0.15, 0.2) is 23.0 Å². The maximum Gasteiger partial charge on any atom is 0.203 e. The van der Waals surface area contributed by atoms with E-state index in [1.54, 1.807) is 0 Å². The molecule has 0 N–H and O–H groups in total. The molecule has 0 fully saturated rings. The van der Waals surface area contributed by atoms with Crippen molar-refractivity contribution in [3.05, 3.63) is 66.1 Å². The maximum atomic E-state index is 6.94. The van der Waals surface area contributed by atoms with Gasteiger partial charge in [0.1, 0.15) is 24.7 Å². The molecule has 0 amide bonds. The van der Waals surface area contributed by atoms with Crippen LogP contribution in [-0.4, -0.2) is 39.6 Å². The van der Waals surface area contributed by atoms with E-state index >= 15 is 0 Å².